The predicted molar refractivity (Wildman–Crippen MR) is 136 cm³/mol. The van der Waals surface area contributed by atoms with Gasteiger partial charge in [-0.25, -0.2) is 4.98 Å². The van der Waals surface area contributed by atoms with Gasteiger partial charge < -0.3 is 14.3 Å². The first-order valence-electron chi connectivity index (χ1n) is 11.8. The van der Waals surface area contributed by atoms with Gasteiger partial charge in [0.25, 0.3) is 6.01 Å². The lowest BCUT2D eigenvalue weighted by atomic mass is 10.2. The van der Waals surface area contributed by atoms with Gasteiger partial charge in [-0.2, -0.15) is 10.1 Å². The molecule has 0 saturated heterocycles. The van der Waals surface area contributed by atoms with E-state index in [4.69, 9.17) is 8.94 Å². The summed E-state index contributed by atoms with van der Waals surface area (Å²) in [4.78, 5) is 8.22. The number of oxazole rings is 1. The highest BCUT2D eigenvalue weighted by Gasteiger charge is 2.02. The van der Waals surface area contributed by atoms with Crippen molar-refractivity contribution in [1.82, 2.24) is 40.3 Å². The first-order chi connectivity index (χ1) is 16.5. The summed E-state index contributed by atoms with van der Waals surface area (Å²) in [5.74, 6) is 3.61. The van der Waals surface area contributed by atoms with Gasteiger partial charge >= 0.3 is 0 Å². The molecular formula is C24H41N9O2. The zero-order chi connectivity index (χ0) is 26.4. The second kappa shape index (κ2) is 15.4. The molecule has 0 spiro atoms. The summed E-state index contributed by atoms with van der Waals surface area (Å²) in [5.41, 5.74) is 0.906. The minimum Gasteiger partial charge on any atom is -0.432 e. The van der Waals surface area contributed by atoms with Crippen molar-refractivity contribution in [3.8, 4) is 0 Å². The Labute approximate surface area is 208 Å². The zero-order valence-corrected chi connectivity index (χ0v) is 22.6. The van der Waals surface area contributed by atoms with Gasteiger partial charge in [-0.1, -0.05) is 38.1 Å². The smallest absolute Gasteiger partial charge is 0.294 e. The van der Waals surface area contributed by atoms with Crippen LogP contribution in [0.2, 0.25) is 0 Å². The van der Waals surface area contributed by atoms with Crippen LogP contribution in [0.3, 0.4) is 0 Å². The molecule has 0 fully saturated rings. The Morgan fingerprint density at radius 1 is 0.943 bits per heavy atom. The van der Waals surface area contributed by atoms with Gasteiger partial charge in [0.15, 0.2) is 5.82 Å². The molecule has 35 heavy (non-hydrogen) atoms. The Kier molecular flexibility index (Phi) is 13.0. The average Bonchev–Trinajstić information content (AvgIpc) is 3.57. The van der Waals surface area contributed by atoms with Crippen LogP contribution in [0.4, 0.5) is 6.01 Å². The second-order valence-electron chi connectivity index (χ2n) is 9.07. The van der Waals surface area contributed by atoms with E-state index in [9.17, 15) is 0 Å². The van der Waals surface area contributed by atoms with E-state index in [0.29, 0.717) is 29.9 Å². The molecule has 0 aliphatic heterocycles. The molecule has 0 saturated carbocycles. The minimum atomic E-state index is 0.373. The van der Waals surface area contributed by atoms with Crippen LogP contribution in [0.25, 0.3) is 0 Å². The molecule has 11 nitrogen and oxygen atoms in total. The van der Waals surface area contributed by atoms with E-state index in [1.165, 1.54) is 0 Å². The Morgan fingerprint density at radius 3 is 1.94 bits per heavy atom. The lowest BCUT2D eigenvalue weighted by molar-refractivity contribution is 0.371. The maximum atomic E-state index is 5.05. The molecule has 4 aromatic heterocycles. The number of nitrogens with zero attached hydrogens (tertiary/aromatic N) is 7. The average molecular weight is 488 g/mol. The molecule has 0 unspecified atom stereocenters. The van der Waals surface area contributed by atoms with E-state index >= 15 is 0 Å². The first-order valence-corrected chi connectivity index (χ1v) is 11.8. The summed E-state index contributed by atoms with van der Waals surface area (Å²) in [6.45, 7) is 20.3. The number of anilines is 1. The van der Waals surface area contributed by atoms with Crippen LogP contribution >= 0.6 is 0 Å². The Bertz CT molecular complexity index is 979. The molecule has 4 heterocycles. The van der Waals surface area contributed by atoms with E-state index < -0.39 is 0 Å². The number of aromatic nitrogens is 8. The molecule has 0 radical (unpaired) electrons. The maximum Gasteiger partial charge on any atom is 0.294 e. The maximum absolute atomic E-state index is 5.05. The molecule has 0 amide bonds. The molecule has 194 valence electrons. The normalized spacial score (nSPS) is 10.5. The minimum absolute atomic E-state index is 0.373. The van der Waals surface area contributed by atoms with Crippen molar-refractivity contribution >= 4 is 6.01 Å². The van der Waals surface area contributed by atoms with Crippen molar-refractivity contribution in [1.29, 1.82) is 0 Å². The zero-order valence-electron chi connectivity index (χ0n) is 22.6. The number of hydrogen-bond donors (Lipinski definition) is 2. The standard InChI is InChI=1S/C7H12N2O.C6H11N3.C6H9NO.C5H9N3/c1-5(2)8-7-9-6(3)4-10-7;1-4(2)6-7-5(3)8-9-6;1-5(2)6-3-4-7-8-6;1-5(2)8-4-3-6-7-8/h4-5H,1-3H3,(H,8,9);4H,1-3H3,(H,7,8,9);2*3-5H,1-2H3. The van der Waals surface area contributed by atoms with Crippen molar-refractivity contribution < 1.29 is 8.94 Å². The van der Waals surface area contributed by atoms with E-state index in [0.717, 1.165) is 23.1 Å². The van der Waals surface area contributed by atoms with Gasteiger partial charge in [0, 0.05) is 36.2 Å². The van der Waals surface area contributed by atoms with Crippen LogP contribution in [0, 0.1) is 13.8 Å². The van der Waals surface area contributed by atoms with E-state index in [2.05, 4.69) is 82.5 Å². The van der Waals surface area contributed by atoms with Crippen molar-refractivity contribution in [3.63, 3.8) is 0 Å². The summed E-state index contributed by atoms with van der Waals surface area (Å²) < 4.78 is 11.7. The van der Waals surface area contributed by atoms with Crippen LogP contribution in [0.1, 0.15) is 96.4 Å². The summed E-state index contributed by atoms with van der Waals surface area (Å²) in [7, 11) is 0. The van der Waals surface area contributed by atoms with Crippen LogP contribution in [0.15, 0.2) is 39.9 Å². The molecule has 0 aliphatic rings. The number of aryl methyl sites for hydroxylation is 2. The number of H-pyrrole nitrogens is 1. The summed E-state index contributed by atoms with van der Waals surface area (Å²) in [6.07, 6.45) is 6.82. The first kappa shape index (κ1) is 29.5. The molecule has 4 rings (SSSR count). The van der Waals surface area contributed by atoms with Gasteiger partial charge in [-0.3, -0.25) is 9.78 Å². The third kappa shape index (κ3) is 12.5. The fraction of sp³-hybridized carbons (Fsp3) is 0.583. The van der Waals surface area contributed by atoms with E-state index in [-0.39, 0.29) is 0 Å². The highest BCUT2D eigenvalue weighted by Crippen LogP contribution is 2.11. The van der Waals surface area contributed by atoms with Crippen LogP contribution in [0.5, 0.6) is 0 Å². The van der Waals surface area contributed by atoms with Crippen LogP contribution in [-0.2, 0) is 0 Å². The molecule has 11 heteroatoms. The SMILES string of the molecule is CC(C)c1ccno1.CC(C)n1ccnn1.Cc1coc(NC(C)C)n1.Cc1nc(C(C)C)n[nH]1. The molecular weight excluding hydrogens is 446 g/mol. The van der Waals surface area contributed by atoms with Crippen molar-refractivity contribution in [2.24, 2.45) is 0 Å². The monoisotopic (exact) mass is 487 g/mol. The van der Waals surface area contributed by atoms with Crippen molar-refractivity contribution in [3.05, 3.63) is 54.0 Å². The summed E-state index contributed by atoms with van der Waals surface area (Å²) in [5, 5.41) is 20.8. The highest BCUT2D eigenvalue weighted by molar-refractivity contribution is 5.21. The Balaban J connectivity index is 0.000000234. The van der Waals surface area contributed by atoms with Crippen LogP contribution < -0.4 is 5.32 Å². The van der Waals surface area contributed by atoms with Crippen molar-refractivity contribution in [2.75, 3.05) is 5.32 Å². The third-order valence-electron chi connectivity index (χ3n) is 4.16. The molecule has 4 aromatic rings. The van der Waals surface area contributed by atoms with E-state index in [1.54, 1.807) is 23.3 Å². The summed E-state index contributed by atoms with van der Waals surface area (Å²) in [6, 6.07) is 3.29. The molecule has 0 aromatic carbocycles. The summed E-state index contributed by atoms with van der Waals surface area (Å²) >= 11 is 0. The Hall–Kier alpha value is -3.50. The fourth-order valence-electron chi connectivity index (χ4n) is 2.30. The van der Waals surface area contributed by atoms with Gasteiger partial charge in [0.05, 0.1) is 18.1 Å². The molecule has 0 aliphatic carbocycles. The van der Waals surface area contributed by atoms with E-state index in [1.807, 2.05) is 40.0 Å². The highest BCUT2D eigenvalue weighted by atomic mass is 16.5. The van der Waals surface area contributed by atoms with Crippen molar-refractivity contribution in [2.45, 2.75) is 93.2 Å². The van der Waals surface area contributed by atoms with Gasteiger partial charge in [0.1, 0.15) is 17.8 Å². The fourth-order valence-corrected chi connectivity index (χ4v) is 2.30. The topological polar surface area (TPSA) is 136 Å². The number of rotatable bonds is 5. The van der Waals surface area contributed by atoms with Crippen LogP contribution in [-0.4, -0.2) is 46.4 Å². The van der Waals surface area contributed by atoms with Gasteiger partial charge in [-0.05, 0) is 41.5 Å². The predicted octanol–water partition coefficient (Wildman–Crippen LogP) is 5.70. The molecule has 0 bridgehead atoms. The molecule has 0 atom stereocenters. The lowest BCUT2D eigenvalue weighted by Crippen LogP contribution is -2.09. The Morgan fingerprint density at radius 2 is 1.66 bits per heavy atom. The lowest BCUT2D eigenvalue weighted by Gasteiger charge is -2.02. The largest absolute Gasteiger partial charge is 0.432 e. The quantitative estimate of drug-likeness (QED) is 0.363. The number of aromatic amines is 1. The number of nitrogens with one attached hydrogen (secondary N) is 2. The second-order valence-corrected chi connectivity index (χ2v) is 9.07. The van der Waals surface area contributed by atoms with Gasteiger partial charge in [-0.15, -0.1) is 5.10 Å². The molecule has 2 N–H and O–H groups in total. The third-order valence-corrected chi connectivity index (χ3v) is 4.16. The van der Waals surface area contributed by atoms with Gasteiger partial charge in [0.2, 0.25) is 0 Å². The number of hydrogen-bond acceptors (Lipinski definition) is 9.